The predicted molar refractivity (Wildman–Crippen MR) is 89.0 cm³/mol. The van der Waals surface area contributed by atoms with E-state index >= 15 is 0 Å². The molecule has 0 radical (unpaired) electrons. The molecule has 1 N–H and O–H groups in total. The van der Waals surface area contributed by atoms with Crippen molar-refractivity contribution in [3.05, 3.63) is 35.9 Å². The minimum atomic E-state index is 0. The van der Waals surface area contributed by atoms with Crippen molar-refractivity contribution in [2.24, 2.45) is 22.9 Å². The molecule has 2 aliphatic heterocycles. The Morgan fingerprint density at radius 1 is 1.14 bits per heavy atom. The Morgan fingerprint density at radius 3 is 2.50 bits per heavy atom. The first kappa shape index (κ1) is 15.5. The summed E-state index contributed by atoms with van der Waals surface area (Å²) in [7, 11) is 0. The second kappa shape index (κ2) is 6.39. The van der Waals surface area contributed by atoms with Gasteiger partial charge in [0, 0.05) is 18.6 Å². The molecule has 3 aliphatic rings. The molecule has 2 unspecified atom stereocenters. The smallest absolute Gasteiger partial charge is 0.246 e. The van der Waals surface area contributed by atoms with Gasteiger partial charge in [0.05, 0.1) is 6.04 Å². The molecule has 0 bridgehead atoms. The van der Waals surface area contributed by atoms with Gasteiger partial charge >= 0.3 is 0 Å². The predicted octanol–water partition coefficient (Wildman–Crippen LogP) is 2.61. The van der Waals surface area contributed by atoms with Crippen LogP contribution in [0.25, 0.3) is 0 Å². The van der Waals surface area contributed by atoms with E-state index in [1.54, 1.807) is 5.01 Å². The van der Waals surface area contributed by atoms with Crippen LogP contribution < -0.4 is 5.32 Å². The molecule has 1 saturated carbocycles. The van der Waals surface area contributed by atoms with Crippen LogP contribution in [0.2, 0.25) is 0 Å². The third-order valence-corrected chi connectivity index (χ3v) is 5.24. The normalized spacial score (nSPS) is 32.8. The highest BCUT2D eigenvalue weighted by atomic mass is 35.5. The summed E-state index contributed by atoms with van der Waals surface area (Å²) in [5.74, 6) is 1.79. The lowest BCUT2D eigenvalue weighted by atomic mass is 10.0. The number of hydrazone groups is 1. The Balaban J connectivity index is 0.00000144. The first-order valence-electron chi connectivity index (χ1n) is 7.94. The number of hydrogen-bond donors (Lipinski definition) is 1. The zero-order valence-corrected chi connectivity index (χ0v) is 13.3. The van der Waals surface area contributed by atoms with Crippen LogP contribution >= 0.6 is 12.4 Å². The van der Waals surface area contributed by atoms with Crippen molar-refractivity contribution in [2.45, 2.75) is 25.3 Å². The average Bonchev–Trinajstić information content (AvgIpc) is 3.22. The van der Waals surface area contributed by atoms with Crippen molar-refractivity contribution in [1.29, 1.82) is 0 Å². The molecular weight excluding hydrogens is 298 g/mol. The van der Waals surface area contributed by atoms with Crippen molar-refractivity contribution in [2.75, 3.05) is 13.1 Å². The number of carbonyl (C=O) groups is 1. The van der Waals surface area contributed by atoms with Gasteiger partial charge in [0.15, 0.2) is 0 Å². The lowest BCUT2D eigenvalue weighted by Crippen LogP contribution is -2.32. The maximum atomic E-state index is 12.9. The number of hydrogen-bond acceptors (Lipinski definition) is 3. The van der Waals surface area contributed by atoms with Crippen LogP contribution in [-0.4, -0.2) is 30.2 Å². The van der Waals surface area contributed by atoms with E-state index in [-0.39, 0.29) is 30.3 Å². The Hall–Kier alpha value is -1.39. The number of fused-ring (bicyclic) bond motifs is 1. The van der Waals surface area contributed by atoms with E-state index in [9.17, 15) is 4.79 Å². The summed E-state index contributed by atoms with van der Waals surface area (Å²) in [6.07, 6.45) is 4.78. The fraction of sp³-hybridized carbons (Fsp3) is 0.529. The molecule has 1 amide bonds. The maximum absolute atomic E-state index is 12.9. The summed E-state index contributed by atoms with van der Waals surface area (Å²) in [6.45, 7) is 2.17. The number of nitrogens with zero attached hydrogens (tertiary/aromatic N) is 2. The SMILES string of the molecule is Cl.O=C(C1C[C@H]2CNC[C@H]2C1)N1N=CCC1c1ccccc1. The van der Waals surface area contributed by atoms with Crippen LogP contribution in [0, 0.1) is 17.8 Å². The van der Waals surface area contributed by atoms with Crippen LogP contribution in [0.3, 0.4) is 0 Å². The molecule has 0 aromatic heterocycles. The fourth-order valence-corrected chi connectivity index (χ4v) is 4.13. The van der Waals surface area contributed by atoms with Crippen LogP contribution in [-0.2, 0) is 4.79 Å². The van der Waals surface area contributed by atoms with Gasteiger partial charge in [0.2, 0.25) is 5.91 Å². The number of rotatable bonds is 2. The molecule has 1 saturated heterocycles. The summed E-state index contributed by atoms with van der Waals surface area (Å²) in [4.78, 5) is 12.9. The van der Waals surface area contributed by atoms with Gasteiger partial charge < -0.3 is 5.32 Å². The molecule has 1 aromatic carbocycles. The molecule has 4 atom stereocenters. The van der Waals surface area contributed by atoms with Crippen molar-refractivity contribution in [3.63, 3.8) is 0 Å². The van der Waals surface area contributed by atoms with E-state index in [0.29, 0.717) is 11.8 Å². The minimum Gasteiger partial charge on any atom is -0.316 e. The van der Waals surface area contributed by atoms with Crippen LogP contribution in [0.1, 0.15) is 30.9 Å². The number of benzene rings is 1. The third-order valence-electron chi connectivity index (χ3n) is 5.24. The number of nitrogens with one attached hydrogen (secondary N) is 1. The zero-order valence-electron chi connectivity index (χ0n) is 12.5. The molecule has 1 aromatic rings. The van der Waals surface area contributed by atoms with E-state index < -0.39 is 0 Å². The Bertz CT molecular complexity index is 550. The minimum absolute atomic E-state index is 0. The van der Waals surface area contributed by atoms with Gasteiger partial charge in [-0.05, 0) is 43.3 Å². The molecule has 4 nitrogen and oxygen atoms in total. The average molecular weight is 320 g/mol. The van der Waals surface area contributed by atoms with Crippen molar-refractivity contribution in [3.8, 4) is 0 Å². The van der Waals surface area contributed by atoms with Crippen molar-refractivity contribution in [1.82, 2.24) is 10.3 Å². The quantitative estimate of drug-likeness (QED) is 0.910. The summed E-state index contributed by atoms with van der Waals surface area (Å²) in [5, 5.41) is 9.55. The fourth-order valence-electron chi connectivity index (χ4n) is 4.13. The van der Waals surface area contributed by atoms with E-state index in [2.05, 4.69) is 22.6 Å². The number of amides is 1. The molecule has 1 aliphatic carbocycles. The second-order valence-corrected chi connectivity index (χ2v) is 6.49. The van der Waals surface area contributed by atoms with Crippen molar-refractivity contribution < 1.29 is 4.79 Å². The van der Waals surface area contributed by atoms with Crippen LogP contribution in [0.5, 0.6) is 0 Å². The van der Waals surface area contributed by atoms with Crippen LogP contribution in [0.4, 0.5) is 0 Å². The molecule has 22 heavy (non-hydrogen) atoms. The van der Waals surface area contributed by atoms with E-state index in [4.69, 9.17) is 0 Å². The molecule has 0 spiro atoms. The Labute approximate surface area is 137 Å². The van der Waals surface area contributed by atoms with E-state index in [0.717, 1.165) is 32.4 Å². The van der Waals surface area contributed by atoms with Crippen LogP contribution in [0.15, 0.2) is 35.4 Å². The van der Waals surface area contributed by atoms with Gasteiger partial charge in [0.25, 0.3) is 0 Å². The number of halogens is 1. The van der Waals surface area contributed by atoms with Gasteiger partial charge in [-0.25, -0.2) is 5.01 Å². The maximum Gasteiger partial charge on any atom is 0.246 e. The highest BCUT2D eigenvalue weighted by molar-refractivity contribution is 5.85. The molecular formula is C17H22ClN3O. The summed E-state index contributed by atoms with van der Waals surface area (Å²) >= 11 is 0. The summed E-state index contributed by atoms with van der Waals surface area (Å²) < 4.78 is 0. The zero-order chi connectivity index (χ0) is 14.2. The summed E-state index contributed by atoms with van der Waals surface area (Å²) in [5.41, 5.74) is 1.18. The van der Waals surface area contributed by atoms with Gasteiger partial charge in [-0.2, -0.15) is 5.10 Å². The van der Waals surface area contributed by atoms with Gasteiger partial charge in [0.1, 0.15) is 0 Å². The first-order valence-corrected chi connectivity index (χ1v) is 7.94. The van der Waals surface area contributed by atoms with E-state index in [1.165, 1.54) is 5.56 Å². The van der Waals surface area contributed by atoms with Gasteiger partial charge in [-0.15, -0.1) is 12.4 Å². The third kappa shape index (κ3) is 2.66. The molecule has 5 heteroatoms. The van der Waals surface area contributed by atoms with E-state index in [1.807, 2.05) is 24.4 Å². The molecule has 4 rings (SSSR count). The van der Waals surface area contributed by atoms with Gasteiger partial charge in [-0.1, -0.05) is 30.3 Å². The Morgan fingerprint density at radius 2 is 1.82 bits per heavy atom. The van der Waals surface area contributed by atoms with Crippen molar-refractivity contribution >= 4 is 24.5 Å². The molecule has 2 fully saturated rings. The molecule has 118 valence electrons. The second-order valence-electron chi connectivity index (χ2n) is 6.49. The largest absolute Gasteiger partial charge is 0.316 e. The highest BCUT2D eigenvalue weighted by Crippen LogP contribution is 2.41. The number of carbonyl (C=O) groups excluding carboxylic acids is 1. The summed E-state index contributed by atoms with van der Waals surface area (Å²) in [6, 6.07) is 10.3. The lowest BCUT2D eigenvalue weighted by molar-refractivity contribution is -0.137. The first-order chi connectivity index (χ1) is 10.3. The topological polar surface area (TPSA) is 44.7 Å². The highest BCUT2D eigenvalue weighted by Gasteiger charge is 2.43. The molecule has 2 heterocycles. The van der Waals surface area contributed by atoms with Gasteiger partial charge in [-0.3, -0.25) is 4.79 Å². The Kier molecular flexibility index (Phi) is 4.50. The monoisotopic (exact) mass is 319 g/mol. The lowest BCUT2D eigenvalue weighted by Gasteiger charge is -2.25. The standard InChI is InChI=1S/C17H21N3O.ClH/c21-17(13-8-14-10-18-11-15(14)9-13)20-16(6-7-19-20)12-4-2-1-3-5-12;/h1-5,7,13-16,18H,6,8-11H2;1H/t13?,14-,15+,16?;.